The molecule has 6 heteroatoms. The monoisotopic (exact) mass is 340 g/mol. The molecule has 24 heavy (non-hydrogen) atoms. The van der Waals surface area contributed by atoms with E-state index in [4.69, 9.17) is 0 Å². The van der Waals surface area contributed by atoms with Crippen LogP contribution in [0.2, 0.25) is 0 Å². The van der Waals surface area contributed by atoms with Crippen LogP contribution in [0.4, 0.5) is 8.78 Å². The molecule has 134 valence electrons. The molecule has 2 fully saturated rings. The van der Waals surface area contributed by atoms with Gasteiger partial charge in [-0.25, -0.2) is 8.78 Å². The molecular formula is C18H26F2N2O2. The van der Waals surface area contributed by atoms with E-state index in [1.54, 1.807) is 0 Å². The Morgan fingerprint density at radius 1 is 1.04 bits per heavy atom. The summed E-state index contributed by atoms with van der Waals surface area (Å²) in [5.41, 5.74) is -0.238. The van der Waals surface area contributed by atoms with Gasteiger partial charge in [-0.2, -0.15) is 0 Å². The van der Waals surface area contributed by atoms with E-state index in [0.29, 0.717) is 0 Å². The molecule has 0 amide bonds. The number of β-amino-alcohol motifs (C(OH)–C–C–N with tert-alkyl or cyclic N) is 1. The maximum atomic E-state index is 13.8. The zero-order valence-electron chi connectivity index (χ0n) is 13.9. The Labute approximate surface area is 141 Å². The van der Waals surface area contributed by atoms with Crippen LogP contribution < -0.4 is 0 Å². The SMILES string of the molecule is OCC1CCCN1CC1CCCN1CC(O)c1c(F)cccc1F. The third-order valence-corrected chi connectivity index (χ3v) is 5.39. The first-order valence-corrected chi connectivity index (χ1v) is 8.81. The molecule has 4 nitrogen and oxygen atoms in total. The lowest BCUT2D eigenvalue weighted by molar-refractivity contribution is 0.0776. The molecule has 3 rings (SSSR count). The number of aliphatic hydroxyl groups is 2. The van der Waals surface area contributed by atoms with E-state index in [2.05, 4.69) is 9.80 Å². The number of rotatable bonds is 6. The van der Waals surface area contributed by atoms with Crippen molar-refractivity contribution in [3.8, 4) is 0 Å². The topological polar surface area (TPSA) is 46.9 Å². The number of hydrogen-bond acceptors (Lipinski definition) is 4. The Bertz CT molecular complexity index is 538. The van der Waals surface area contributed by atoms with Crippen LogP contribution in [0.15, 0.2) is 18.2 Å². The third-order valence-electron chi connectivity index (χ3n) is 5.39. The van der Waals surface area contributed by atoms with Crippen molar-refractivity contribution < 1.29 is 19.0 Å². The predicted molar refractivity (Wildman–Crippen MR) is 87.6 cm³/mol. The highest BCUT2D eigenvalue weighted by Crippen LogP contribution is 2.27. The number of aliphatic hydroxyl groups excluding tert-OH is 2. The van der Waals surface area contributed by atoms with E-state index >= 15 is 0 Å². The second-order valence-electron chi connectivity index (χ2n) is 6.92. The zero-order chi connectivity index (χ0) is 17.1. The van der Waals surface area contributed by atoms with E-state index < -0.39 is 17.7 Å². The molecule has 3 atom stereocenters. The average molecular weight is 340 g/mol. The van der Waals surface area contributed by atoms with Crippen molar-refractivity contribution in [2.24, 2.45) is 0 Å². The summed E-state index contributed by atoms with van der Waals surface area (Å²) in [7, 11) is 0. The fraction of sp³-hybridized carbons (Fsp3) is 0.667. The van der Waals surface area contributed by atoms with Crippen molar-refractivity contribution in [3.63, 3.8) is 0 Å². The van der Waals surface area contributed by atoms with E-state index in [0.717, 1.165) is 45.3 Å². The highest BCUT2D eigenvalue weighted by atomic mass is 19.1. The molecule has 1 aromatic rings. The van der Waals surface area contributed by atoms with Gasteiger partial charge >= 0.3 is 0 Å². The smallest absolute Gasteiger partial charge is 0.131 e. The number of hydrogen-bond donors (Lipinski definition) is 2. The van der Waals surface area contributed by atoms with Gasteiger partial charge in [0.1, 0.15) is 11.6 Å². The van der Waals surface area contributed by atoms with Gasteiger partial charge in [0.2, 0.25) is 0 Å². The van der Waals surface area contributed by atoms with Crippen LogP contribution in [0.25, 0.3) is 0 Å². The zero-order valence-corrected chi connectivity index (χ0v) is 13.9. The fourth-order valence-corrected chi connectivity index (χ4v) is 4.10. The van der Waals surface area contributed by atoms with Gasteiger partial charge in [-0.15, -0.1) is 0 Å². The second kappa shape index (κ2) is 7.87. The number of halogens is 2. The van der Waals surface area contributed by atoms with Gasteiger partial charge in [-0.1, -0.05) is 6.07 Å². The fourth-order valence-electron chi connectivity index (χ4n) is 4.10. The molecule has 2 aliphatic heterocycles. The number of likely N-dealkylation sites (tertiary alicyclic amines) is 2. The lowest BCUT2D eigenvalue weighted by Crippen LogP contribution is -2.44. The molecule has 2 heterocycles. The average Bonchev–Trinajstić information content (AvgIpc) is 3.17. The molecule has 0 aromatic heterocycles. The number of nitrogens with zero attached hydrogens (tertiary/aromatic N) is 2. The molecule has 3 unspecified atom stereocenters. The Morgan fingerprint density at radius 2 is 1.67 bits per heavy atom. The van der Waals surface area contributed by atoms with Crippen molar-refractivity contribution in [3.05, 3.63) is 35.4 Å². The molecule has 2 aliphatic rings. The Kier molecular flexibility index (Phi) is 5.81. The van der Waals surface area contributed by atoms with Crippen LogP contribution in [0.3, 0.4) is 0 Å². The largest absolute Gasteiger partial charge is 0.395 e. The first kappa shape index (κ1) is 17.7. The molecule has 0 radical (unpaired) electrons. The first-order chi connectivity index (χ1) is 11.6. The quantitative estimate of drug-likeness (QED) is 0.831. The van der Waals surface area contributed by atoms with Gasteiger partial charge in [-0.3, -0.25) is 9.80 Å². The normalized spacial score (nSPS) is 27.0. The van der Waals surface area contributed by atoms with Gasteiger partial charge in [-0.05, 0) is 50.9 Å². The summed E-state index contributed by atoms with van der Waals surface area (Å²) >= 11 is 0. The van der Waals surface area contributed by atoms with E-state index in [1.165, 1.54) is 18.2 Å². The standard InChI is InChI=1S/C18H26F2N2O2/c19-15-6-1-7-16(20)18(15)17(24)11-22-9-2-4-13(22)10-21-8-3-5-14(21)12-23/h1,6-7,13-14,17,23-24H,2-5,8-12H2. The van der Waals surface area contributed by atoms with Crippen molar-refractivity contribution in [1.82, 2.24) is 9.80 Å². The van der Waals surface area contributed by atoms with Gasteiger partial charge < -0.3 is 10.2 Å². The molecule has 1 aromatic carbocycles. The molecule has 0 spiro atoms. The molecule has 0 bridgehead atoms. The minimum atomic E-state index is -1.17. The van der Waals surface area contributed by atoms with Crippen LogP contribution in [0, 0.1) is 11.6 Å². The summed E-state index contributed by atoms with van der Waals surface area (Å²) in [5, 5.41) is 19.8. The maximum Gasteiger partial charge on any atom is 0.131 e. The Hall–Kier alpha value is -1.08. The van der Waals surface area contributed by atoms with Crippen molar-refractivity contribution in [2.45, 2.75) is 43.9 Å². The third kappa shape index (κ3) is 3.77. The summed E-state index contributed by atoms with van der Waals surface area (Å²) in [6.45, 7) is 3.07. The van der Waals surface area contributed by atoms with E-state index in [9.17, 15) is 19.0 Å². The predicted octanol–water partition coefficient (Wildman–Crippen LogP) is 1.92. The lowest BCUT2D eigenvalue weighted by atomic mass is 10.1. The van der Waals surface area contributed by atoms with Gasteiger partial charge in [0.25, 0.3) is 0 Å². The molecule has 2 N–H and O–H groups in total. The Balaban J connectivity index is 1.63. The van der Waals surface area contributed by atoms with Crippen LogP contribution in [-0.4, -0.2) is 64.9 Å². The molecular weight excluding hydrogens is 314 g/mol. The lowest BCUT2D eigenvalue weighted by Gasteiger charge is -2.32. The summed E-state index contributed by atoms with van der Waals surface area (Å²) in [4.78, 5) is 4.43. The van der Waals surface area contributed by atoms with Crippen LogP contribution in [0.1, 0.15) is 37.4 Å². The number of benzene rings is 1. The minimum absolute atomic E-state index is 0.176. The highest BCUT2D eigenvalue weighted by Gasteiger charge is 2.32. The second-order valence-corrected chi connectivity index (χ2v) is 6.92. The van der Waals surface area contributed by atoms with Gasteiger partial charge in [0.05, 0.1) is 18.3 Å². The van der Waals surface area contributed by atoms with E-state index in [-0.39, 0.29) is 30.8 Å². The first-order valence-electron chi connectivity index (χ1n) is 8.81. The van der Waals surface area contributed by atoms with Crippen molar-refractivity contribution in [2.75, 3.05) is 32.8 Å². The van der Waals surface area contributed by atoms with Gasteiger partial charge in [0.15, 0.2) is 0 Å². The summed E-state index contributed by atoms with van der Waals surface area (Å²) in [5.74, 6) is -1.39. The van der Waals surface area contributed by atoms with Crippen molar-refractivity contribution >= 4 is 0 Å². The summed E-state index contributed by atoms with van der Waals surface area (Å²) < 4.78 is 27.7. The van der Waals surface area contributed by atoms with Crippen molar-refractivity contribution in [1.29, 1.82) is 0 Å². The Morgan fingerprint density at radius 3 is 2.33 bits per heavy atom. The summed E-state index contributed by atoms with van der Waals surface area (Å²) in [6.07, 6.45) is 2.99. The van der Waals surface area contributed by atoms with Crippen LogP contribution >= 0.6 is 0 Å². The van der Waals surface area contributed by atoms with Crippen LogP contribution in [0.5, 0.6) is 0 Å². The highest BCUT2D eigenvalue weighted by molar-refractivity contribution is 5.22. The molecule has 0 saturated carbocycles. The molecule has 0 aliphatic carbocycles. The maximum absolute atomic E-state index is 13.8. The van der Waals surface area contributed by atoms with Gasteiger partial charge in [0, 0.05) is 25.2 Å². The van der Waals surface area contributed by atoms with E-state index in [1.807, 2.05) is 0 Å². The minimum Gasteiger partial charge on any atom is -0.395 e. The molecule has 2 saturated heterocycles. The summed E-state index contributed by atoms with van der Waals surface area (Å²) in [6, 6.07) is 4.16. The van der Waals surface area contributed by atoms with Crippen LogP contribution in [-0.2, 0) is 0 Å².